The van der Waals surface area contributed by atoms with E-state index in [0.29, 0.717) is 19.8 Å². The molecule has 0 spiro atoms. The molecule has 1 N–H and O–H groups in total. The van der Waals surface area contributed by atoms with Crippen molar-refractivity contribution in [3.05, 3.63) is 59.9 Å². The van der Waals surface area contributed by atoms with E-state index in [-0.39, 0.29) is 30.1 Å². The van der Waals surface area contributed by atoms with Crippen molar-refractivity contribution in [2.45, 2.75) is 12.5 Å². The van der Waals surface area contributed by atoms with Crippen LogP contribution in [0.5, 0.6) is 11.5 Å². The van der Waals surface area contributed by atoms with Crippen molar-refractivity contribution in [1.82, 2.24) is 10.2 Å². The van der Waals surface area contributed by atoms with E-state index in [2.05, 4.69) is 5.32 Å². The number of carbonyl (C=O) groups is 1. The minimum Gasteiger partial charge on any atom is -0.493 e. The van der Waals surface area contributed by atoms with Crippen LogP contribution in [0.25, 0.3) is 0 Å². The molecule has 0 saturated carbocycles. The lowest BCUT2D eigenvalue weighted by atomic mass is 10.0. The number of halogens is 1. The average molecular weight is 358 g/mol. The molecule has 3 rings (SSSR count). The molecule has 1 unspecified atom stereocenters. The van der Waals surface area contributed by atoms with Crippen molar-refractivity contribution in [3.63, 3.8) is 0 Å². The van der Waals surface area contributed by atoms with Gasteiger partial charge in [0.15, 0.2) is 11.6 Å². The second-order valence-corrected chi connectivity index (χ2v) is 6.31. The number of hydrogen-bond acceptors (Lipinski definition) is 4. The zero-order valence-corrected chi connectivity index (χ0v) is 14.8. The van der Waals surface area contributed by atoms with Crippen molar-refractivity contribution in [3.8, 4) is 11.5 Å². The fraction of sp³-hybridized carbons (Fsp3) is 0.350. The van der Waals surface area contributed by atoms with Gasteiger partial charge < -0.3 is 14.8 Å². The summed E-state index contributed by atoms with van der Waals surface area (Å²) >= 11 is 0. The number of hydrogen-bond donors (Lipinski definition) is 1. The lowest BCUT2D eigenvalue weighted by Crippen LogP contribution is -2.39. The zero-order valence-electron chi connectivity index (χ0n) is 14.8. The maximum atomic E-state index is 13.5. The summed E-state index contributed by atoms with van der Waals surface area (Å²) in [7, 11) is 1.84. The minimum atomic E-state index is -0.383. The molecule has 0 saturated heterocycles. The van der Waals surface area contributed by atoms with E-state index in [1.165, 1.54) is 6.07 Å². The summed E-state index contributed by atoms with van der Waals surface area (Å²) in [5.41, 5.74) is 1.01. The van der Waals surface area contributed by atoms with Crippen LogP contribution in [0, 0.1) is 5.82 Å². The standard InChI is InChI=1S/C20H23FN2O3/c1-23(11-13-26-19-9-5-3-7-16(19)21)14-20(24)22-17-10-12-25-18-8-4-2-6-15(17)18/h2-9,17H,10-14H2,1H3,(H,22,24). The monoisotopic (exact) mass is 358 g/mol. The molecule has 1 aliphatic rings. The second kappa shape index (κ2) is 8.67. The highest BCUT2D eigenvalue weighted by molar-refractivity contribution is 5.78. The number of benzene rings is 2. The molecule has 1 amide bonds. The molecule has 0 aromatic heterocycles. The van der Waals surface area contributed by atoms with Gasteiger partial charge in [0.05, 0.1) is 19.2 Å². The van der Waals surface area contributed by atoms with Crippen molar-refractivity contribution >= 4 is 5.91 Å². The van der Waals surface area contributed by atoms with E-state index in [4.69, 9.17) is 9.47 Å². The number of amides is 1. The van der Waals surface area contributed by atoms with E-state index in [0.717, 1.165) is 17.7 Å². The molecule has 2 aromatic rings. The van der Waals surface area contributed by atoms with Crippen LogP contribution in [0.4, 0.5) is 4.39 Å². The second-order valence-electron chi connectivity index (χ2n) is 6.31. The molecule has 0 fully saturated rings. The summed E-state index contributed by atoms with van der Waals surface area (Å²) in [4.78, 5) is 14.2. The van der Waals surface area contributed by atoms with Crippen LogP contribution in [0.1, 0.15) is 18.0 Å². The lowest BCUT2D eigenvalue weighted by molar-refractivity contribution is -0.122. The summed E-state index contributed by atoms with van der Waals surface area (Å²) in [5.74, 6) is 0.617. The number of para-hydroxylation sites is 2. The summed E-state index contributed by atoms with van der Waals surface area (Å²) in [5, 5.41) is 3.06. The Labute approximate surface area is 152 Å². The molecular weight excluding hydrogens is 335 g/mol. The molecule has 6 heteroatoms. The van der Waals surface area contributed by atoms with Gasteiger partial charge in [-0.05, 0) is 25.2 Å². The number of fused-ring (bicyclic) bond motifs is 1. The Bertz CT molecular complexity index is 753. The van der Waals surface area contributed by atoms with Crippen molar-refractivity contribution in [2.24, 2.45) is 0 Å². The molecule has 138 valence electrons. The first kappa shape index (κ1) is 18.2. The van der Waals surface area contributed by atoms with E-state index in [1.807, 2.05) is 36.2 Å². The first-order valence-electron chi connectivity index (χ1n) is 8.70. The van der Waals surface area contributed by atoms with Gasteiger partial charge in [0.1, 0.15) is 12.4 Å². The Morgan fingerprint density at radius 2 is 2.04 bits per heavy atom. The number of ether oxygens (including phenoxy) is 2. The van der Waals surface area contributed by atoms with Crippen LogP contribution in [0.3, 0.4) is 0 Å². The highest BCUT2D eigenvalue weighted by atomic mass is 19.1. The largest absolute Gasteiger partial charge is 0.493 e. The van der Waals surface area contributed by atoms with E-state index in [9.17, 15) is 9.18 Å². The van der Waals surface area contributed by atoms with E-state index >= 15 is 0 Å². The Hall–Kier alpha value is -2.60. The SMILES string of the molecule is CN(CCOc1ccccc1F)CC(=O)NC1CCOc2ccccc21. The van der Waals surface area contributed by atoms with Gasteiger partial charge in [0.25, 0.3) is 0 Å². The Morgan fingerprint density at radius 1 is 1.27 bits per heavy atom. The zero-order chi connectivity index (χ0) is 18.4. The van der Waals surface area contributed by atoms with Gasteiger partial charge in [0.2, 0.25) is 5.91 Å². The highest BCUT2D eigenvalue weighted by Crippen LogP contribution is 2.31. The summed E-state index contributed by atoms with van der Waals surface area (Å²) in [6.07, 6.45) is 0.753. The quantitative estimate of drug-likeness (QED) is 0.827. The smallest absolute Gasteiger partial charge is 0.234 e. The van der Waals surface area contributed by atoms with Crippen LogP contribution < -0.4 is 14.8 Å². The van der Waals surface area contributed by atoms with Gasteiger partial charge in [-0.15, -0.1) is 0 Å². The topological polar surface area (TPSA) is 50.8 Å². The molecule has 0 aliphatic carbocycles. The lowest BCUT2D eigenvalue weighted by Gasteiger charge is -2.27. The van der Waals surface area contributed by atoms with Crippen LogP contribution in [-0.2, 0) is 4.79 Å². The molecule has 1 atom stereocenters. The first-order valence-corrected chi connectivity index (χ1v) is 8.70. The van der Waals surface area contributed by atoms with Crippen molar-refractivity contribution in [1.29, 1.82) is 0 Å². The van der Waals surface area contributed by atoms with Crippen LogP contribution in [0.15, 0.2) is 48.5 Å². The fourth-order valence-corrected chi connectivity index (χ4v) is 2.93. The molecule has 1 aliphatic heterocycles. The summed E-state index contributed by atoms with van der Waals surface area (Å²) in [6, 6.07) is 14.0. The van der Waals surface area contributed by atoms with Crippen LogP contribution in [-0.4, -0.2) is 44.2 Å². The molecule has 0 bridgehead atoms. The first-order chi connectivity index (χ1) is 12.6. The number of likely N-dealkylation sites (N-methyl/N-ethyl adjacent to an activating group) is 1. The predicted molar refractivity (Wildman–Crippen MR) is 96.8 cm³/mol. The number of rotatable bonds is 7. The van der Waals surface area contributed by atoms with Gasteiger partial charge in [-0.3, -0.25) is 9.69 Å². The van der Waals surface area contributed by atoms with E-state index in [1.54, 1.807) is 18.2 Å². The van der Waals surface area contributed by atoms with Gasteiger partial charge in [-0.25, -0.2) is 4.39 Å². The summed E-state index contributed by atoms with van der Waals surface area (Å²) in [6.45, 7) is 1.67. The Balaban J connectivity index is 1.44. The maximum Gasteiger partial charge on any atom is 0.234 e. The molecule has 1 heterocycles. The number of nitrogens with one attached hydrogen (secondary N) is 1. The van der Waals surface area contributed by atoms with Crippen molar-refractivity contribution < 1.29 is 18.7 Å². The van der Waals surface area contributed by atoms with Crippen LogP contribution >= 0.6 is 0 Å². The van der Waals surface area contributed by atoms with Gasteiger partial charge in [0, 0.05) is 18.5 Å². The third-order valence-electron chi connectivity index (χ3n) is 4.27. The van der Waals surface area contributed by atoms with E-state index < -0.39 is 0 Å². The summed E-state index contributed by atoms with van der Waals surface area (Å²) < 4.78 is 24.5. The third kappa shape index (κ3) is 4.73. The third-order valence-corrected chi connectivity index (χ3v) is 4.27. The van der Waals surface area contributed by atoms with Crippen molar-refractivity contribution in [2.75, 3.05) is 33.4 Å². The molecule has 5 nitrogen and oxygen atoms in total. The predicted octanol–water partition coefficient (Wildman–Crippen LogP) is 2.78. The molecule has 26 heavy (non-hydrogen) atoms. The number of nitrogens with zero attached hydrogens (tertiary/aromatic N) is 1. The van der Waals surface area contributed by atoms with Gasteiger partial charge >= 0.3 is 0 Å². The van der Waals surface area contributed by atoms with Crippen LogP contribution in [0.2, 0.25) is 0 Å². The minimum absolute atomic E-state index is 0.0319. The van der Waals surface area contributed by atoms with Gasteiger partial charge in [-0.2, -0.15) is 0 Å². The maximum absolute atomic E-state index is 13.5. The Morgan fingerprint density at radius 3 is 2.88 bits per heavy atom. The van der Waals surface area contributed by atoms with Gasteiger partial charge in [-0.1, -0.05) is 30.3 Å². The highest BCUT2D eigenvalue weighted by Gasteiger charge is 2.22. The normalized spacial score (nSPS) is 15.9. The molecule has 2 aromatic carbocycles. The Kier molecular flexibility index (Phi) is 6.07. The molecule has 0 radical (unpaired) electrons. The fourth-order valence-electron chi connectivity index (χ4n) is 2.93. The molecular formula is C20H23FN2O3. The number of carbonyl (C=O) groups excluding carboxylic acids is 1. The average Bonchev–Trinajstić information content (AvgIpc) is 2.63.